The Morgan fingerprint density at radius 1 is 0.316 bits per heavy atom. The first kappa shape index (κ1) is 33.1. The minimum atomic E-state index is -0.0488. The van der Waals surface area contributed by atoms with Gasteiger partial charge in [0.25, 0.3) is 0 Å². The van der Waals surface area contributed by atoms with Crippen LogP contribution >= 0.6 is 0 Å². The number of fused-ring (bicyclic) bond motifs is 7. The molecule has 0 fully saturated rings. The van der Waals surface area contributed by atoms with E-state index in [9.17, 15) is 0 Å². The molecule has 11 rings (SSSR count). The Morgan fingerprint density at radius 3 is 1.56 bits per heavy atom. The lowest BCUT2D eigenvalue weighted by molar-refractivity contribution is 0.660. The van der Waals surface area contributed by atoms with E-state index in [-0.39, 0.29) is 5.41 Å². The van der Waals surface area contributed by atoms with Crippen LogP contribution in [0.25, 0.3) is 99.9 Å². The molecule has 0 saturated carbocycles. The van der Waals surface area contributed by atoms with Crippen molar-refractivity contribution in [3.8, 4) is 67.5 Å². The molecule has 3 nitrogen and oxygen atoms in total. The van der Waals surface area contributed by atoms with E-state index in [4.69, 9.17) is 15.0 Å². The summed E-state index contributed by atoms with van der Waals surface area (Å²) in [6.45, 7) is 4.65. The largest absolute Gasteiger partial charge is 0.208 e. The van der Waals surface area contributed by atoms with Gasteiger partial charge >= 0.3 is 0 Å². The van der Waals surface area contributed by atoms with Gasteiger partial charge in [0.15, 0.2) is 17.5 Å². The third-order valence-electron chi connectivity index (χ3n) is 11.9. The van der Waals surface area contributed by atoms with E-state index in [0.29, 0.717) is 17.5 Å². The lowest BCUT2D eigenvalue weighted by Crippen LogP contribution is -2.14. The molecule has 9 aromatic carbocycles. The number of benzene rings is 9. The van der Waals surface area contributed by atoms with Crippen LogP contribution in [0.15, 0.2) is 188 Å². The fourth-order valence-corrected chi connectivity index (χ4v) is 9.06. The number of nitrogens with zero attached hydrogens (tertiary/aromatic N) is 3. The van der Waals surface area contributed by atoms with Gasteiger partial charge in [-0.05, 0) is 82.9 Å². The van der Waals surface area contributed by atoms with Gasteiger partial charge in [-0.25, -0.2) is 15.0 Å². The van der Waals surface area contributed by atoms with E-state index in [1.807, 2.05) is 18.2 Å². The van der Waals surface area contributed by atoms with Crippen molar-refractivity contribution in [3.05, 3.63) is 199 Å². The minimum Gasteiger partial charge on any atom is -0.208 e. The van der Waals surface area contributed by atoms with E-state index in [1.165, 1.54) is 71.3 Å². The highest BCUT2D eigenvalue weighted by Crippen LogP contribution is 2.52. The number of aromatic nitrogens is 3. The molecular weight excluding hydrogens is 691 g/mol. The topological polar surface area (TPSA) is 38.7 Å². The molecule has 10 aromatic rings. The van der Waals surface area contributed by atoms with E-state index < -0.39 is 0 Å². The molecule has 0 radical (unpaired) electrons. The average molecular weight is 728 g/mol. The molecule has 268 valence electrons. The van der Waals surface area contributed by atoms with Gasteiger partial charge in [-0.15, -0.1) is 0 Å². The van der Waals surface area contributed by atoms with Gasteiger partial charge in [-0.2, -0.15) is 0 Å². The smallest absolute Gasteiger partial charge is 0.164 e. The van der Waals surface area contributed by atoms with E-state index >= 15 is 0 Å². The molecule has 1 heterocycles. The Morgan fingerprint density at radius 2 is 0.842 bits per heavy atom. The van der Waals surface area contributed by atoms with E-state index in [0.717, 1.165) is 22.3 Å². The quantitative estimate of drug-likeness (QED) is 0.131. The second-order valence-electron chi connectivity index (χ2n) is 15.6. The van der Waals surface area contributed by atoms with Gasteiger partial charge in [0.1, 0.15) is 0 Å². The van der Waals surface area contributed by atoms with Gasteiger partial charge in [-0.3, -0.25) is 0 Å². The van der Waals surface area contributed by atoms with Gasteiger partial charge in [0.05, 0.1) is 0 Å². The third kappa shape index (κ3) is 5.38. The normalized spacial score (nSPS) is 12.9. The maximum Gasteiger partial charge on any atom is 0.164 e. The van der Waals surface area contributed by atoms with Crippen LogP contribution in [0.1, 0.15) is 25.0 Å². The van der Waals surface area contributed by atoms with Crippen LogP contribution < -0.4 is 0 Å². The summed E-state index contributed by atoms with van der Waals surface area (Å²) in [7, 11) is 0. The summed E-state index contributed by atoms with van der Waals surface area (Å²) in [5.41, 5.74) is 13.0. The Kier molecular flexibility index (Phi) is 7.52. The maximum atomic E-state index is 5.12. The van der Waals surface area contributed by atoms with Gasteiger partial charge < -0.3 is 0 Å². The molecule has 57 heavy (non-hydrogen) atoms. The first-order chi connectivity index (χ1) is 28.0. The Balaban J connectivity index is 1.01. The van der Waals surface area contributed by atoms with Gasteiger partial charge in [0, 0.05) is 22.1 Å². The maximum absolute atomic E-state index is 5.12. The molecule has 0 saturated heterocycles. The summed E-state index contributed by atoms with van der Waals surface area (Å²) < 4.78 is 0. The predicted octanol–water partition coefficient (Wildman–Crippen LogP) is 14.0. The average Bonchev–Trinajstić information content (AvgIpc) is 3.51. The zero-order chi connectivity index (χ0) is 38.1. The summed E-state index contributed by atoms with van der Waals surface area (Å²) in [5, 5.41) is 7.47. The summed E-state index contributed by atoms with van der Waals surface area (Å²) in [6.07, 6.45) is 0. The first-order valence-corrected chi connectivity index (χ1v) is 19.6. The molecule has 0 aliphatic heterocycles. The Bertz CT molecular complexity index is 3180. The molecule has 1 aromatic heterocycles. The van der Waals surface area contributed by atoms with Crippen molar-refractivity contribution in [1.29, 1.82) is 0 Å². The zero-order valence-corrected chi connectivity index (χ0v) is 31.7. The number of hydrogen-bond donors (Lipinski definition) is 0. The molecule has 0 atom stereocenters. The highest BCUT2D eigenvalue weighted by molar-refractivity contribution is 6.20. The molecule has 1 aliphatic carbocycles. The second kappa shape index (κ2) is 12.9. The van der Waals surface area contributed by atoms with Crippen LogP contribution in [0.3, 0.4) is 0 Å². The molecule has 0 unspecified atom stereocenters. The van der Waals surface area contributed by atoms with E-state index in [2.05, 4.69) is 184 Å². The molecule has 3 heteroatoms. The van der Waals surface area contributed by atoms with Gasteiger partial charge in [0.2, 0.25) is 0 Å². The van der Waals surface area contributed by atoms with Crippen molar-refractivity contribution in [2.24, 2.45) is 0 Å². The number of rotatable bonds is 5. The SMILES string of the molecule is CC1(C)c2ccccc2-c2c(-c3ccc(-c4nc(-c5ccccc5)nc(-c5ccc(-c6c7ccccc7cc7c6ccc6ccccc67)cc5)n4)cc3)cccc21. The minimum absolute atomic E-state index is 0.0488. The van der Waals surface area contributed by atoms with Crippen molar-refractivity contribution >= 4 is 32.3 Å². The molecule has 0 amide bonds. The lowest BCUT2D eigenvalue weighted by atomic mass is 9.82. The van der Waals surface area contributed by atoms with Crippen molar-refractivity contribution in [3.63, 3.8) is 0 Å². The molecule has 0 N–H and O–H groups in total. The van der Waals surface area contributed by atoms with Crippen molar-refractivity contribution in [2.45, 2.75) is 19.3 Å². The van der Waals surface area contributed by atoms with Crippen molar-refractivity contribution in [2.75, 3.05) is 0 Å². The highest BCUT2D eigenvalue weighted by atomic mass is 15.0. The zero-order valence-electron chi connectivity index (χ0n) is 31.7. The van der Waals surface area contributed by atoms with Crippen molar-refractivity contribution in [1.82, 2.24) is 15.0 Å². The van der Waals surface area contributed by atoms with Crippen LogP contribution in [0.4, 0.5) is 0 Å². The van der Waals surface area contributed by atoms with Crippen LogP contribution in [0.5, 0.6) is 0 Å². The highest BCUT2D eigenvalue weighted by Gasteiger charge is 2.36. The summed E-state index contributed by atoms with van der Waals surface area (Å²) in [5.74, 6) is 1.93. The van der Waals surface area contributed by atoms with Crippen LogP contribution in [-0.4, -0.2) is 15.0 Å². The molecule has 0 spiro atoms. The standard InChI is InChI=1S/C54H37N3/c1-54(2)47-21-11-10-19-45(47)50-42(20-12-22-48(50)54)35-23-27-38(28-24-35)52-55-51(37-14-4-3-5-15-37)56-53(57-52)39-29-25-36(26-30-39)49-43-18-9-7-16-40(43)33-46-41-17-8-6-13-34(41)31-32-44(46)49/h3-33H,1-2H3. The predicted molar refractivity (Wildman–Crippen MR) is 237 cm³/mol. The van der Waals surface area contributed by atoms with Gasteiger partial charge in [-0.1, -0.05) is 196 Å². The summed E-state index contributed by atoms with van der Waals surface area (Å²) in [4.78, 5) is 15.2. The van der Waals surface area contributed by atoms with E-state index in [1.54, 1.807) is 0 Å². The Labute approximate surface area is 332 Å². The first-order valence-electron chi connectivity index (χ1n) is 19.6. The Hall–Kier alpha value is -7.23. The molecule has 0 bridgehead atoms. The van der Waals surface area contributed by atoms with Crippen LogP contribution in [0.2, 0.25) is 0 Å². The summed E-state index contributed by atoms with van der Waals surface area (Å²) >= 11 is 0. The molecular formula is C54H37N3. The van der Waals surface area contributed by atoms with Crippen LogP contribution in [0, 0.1) is 0 Å². The monoisotopic (exact) mass is 727 g/mol. The molecule has 1 aliphatic rings. The lowest BCUT2D eigenvalue weighted by Gasteiger charge is -2.21. The van der Waals surface area contributed by atoms with Crippen molar-refractivity contribution < 1.29 is 0 Å². The summed E-state index contributed by atoms with van der Waals surface area (Å²) in [6, 6.07) is 67.3. The number of hydrogen-bond acceptors (Lipinski definition) is 3. The fourth-order valence-electron chi connectivity index (χ4n) is 9.06. The second-order valence-corrected chi connectivity index (χ2v) is 15.6. The fraction of sp³-hybridized carbons (Fsp3) is 0.0556. The third-order valence-corrected chi connectivity index (χ3v) is 11.9. The van der Waals surface area contributed by atoms with Crippen LogP contribution in [-0.2, 0) is 5.41 Å².